The molecule has 1 atom stereocenters. The Morgan fingerprint density at radius 2 is 0.393 bits per heavy atom. The normalized spacial score (nSPS) is 14.9. The molecular weight excluding hydrogens is 1700 g/mol. The molecule has 2 heteroatoms. The summed E-state index contributed by atoms with van der Waals surface area (Å²) >= 11 is 0. The zero-order chi connectivity index (χ0) is 94.5. The smallest absolute Gasteiger partial charge is 0.123 e. The van der Waals surface area contributed by atoms with Crippen LogP contribution < -0.4 is 0 Å². The van der Waals surface area contributed by atoms with Gasteiger partial charge >= 0.3 is 0 Å². The lowest BCUT2D eigenvalue weighted by Crippen LogP contribution is -2.28. The average molecular weight is 1800 g/mol. The number of hydrogen-bond acceptors (Lipinski definition) is 0. The zero-order valence-electron chi connectivity index (χ0n) is 79.4. The molecule has 0 saturated heterocycles. The van der Waals surface area contributed by atoms with E-state index in [4.69, 9.17) is 0 Å². The Morgan fingerprint density at radius 3 is 0.836 bits per heavy atom. The molecule has 140 heavy (non-hydrogen) atoms. The maximum atomic E-state index is 14.4. The summed E-state index contributed by atoms with van der Waals surface area (Å²) in [6.07, 6.45) is 0. The summed E-state index contributed by atoms with van der Waals surface area (Å²) < 4.78 is 27.8. The minimum Gasteiger partial charge on any atom is -0.207 e. The molecule has 21 aromatic carbocycles. The third-order valence-electron chi connectivity index (χ3n) is 31.6. The van der Waals surface area contributed by atoms with Crippen LogP contribution >= 0.6 is 0 Å². The van der Waals surface area contributed by atoms with Crippen molar-refractivity contribution in [3.05, 3.63) is 619 Å². The predicted octanol–water partition coefficient (Wildman–Crippen LogP) is 35.0. The van der Waals surface area contributed by atoms with E-state index in [9.17, 15) is 8.78 Å². The second-order valence-corrected chi connectivity index (χ2v) is 39.6. The molecule has 3 spiro atoms. The van der Waals surface area contributed by atoms with Gasteiger partial charge < -0.3 is 0 Å². The molecule has 0 amide bonds. The monoisotopic (exact) mass is 1790 g/mol. The Labute approximate surface area is 819 Å². The molecule has 21 aromatic rings. The van der Waals surface area contributed by atoms with Gasteiger partial charge in [0.15, 0.2) is 0 Å². The fourth-order valence-corrected chi connectivity index (χ4v) is 25.6. The van der Waals surface area contributed by atoms with Gasteiger partial charge in [0.05, 0.1) is 21.7 Å². The third-order valence-corrected chi connectivity index (χ3v) is 31.6. The lowest BCUT2D eigenvalue weighted by molar-refractivity contribution is 0.609. The third kappa shape index (κ3) is 12.7. The second-order valence-electron chi connectivity index (χ2n) is 39.6. The number of rotatable bonds is 5. The van der Waals surface area contributed by atoms with Gasteiger partial charge in [0.25, 0.3) is 0 Å². The lowest BCUT2D eigenvalue weighted by atomic mass is 9.67. The van der Waals surface area contributed by atoms with Crippen molar-refractivity contribution in [1.82, 2.24) is 0 Å². The van der Waals surface area contributed by atoms with Gasteiger partial charge in [-0.2, -0.15) is 0 Å². The Bertz CT molecular complexity index is 8330. The zero-order valence-corrected chi connectivity index (χ0v) is 79.4. The van der Waals surface area contributed by atoms with E-state index >= 15 is 0 Å². The van der Waals surface area contributed by atoms with Gasteiger partial charge in [-0.3, -0.25) is 0 Å². The predicted molar refractivity (Wildman–Crippen MR) is 576 cm³/mol. The average Bonchev–Trinajstić information content (AvgIpc) is 1.51. The largest absolute Gasteiger partial charge is 0.207 e. The molecule has 0 N–H and O–H groups in total. The first-order valence-electron chi connectivity index (χ1n) is 49.0. The van der Waals surface area contributed by atoms with E-state index in [0.29, 0.717) is 0 Å². The van der Waals surface area contributed by atoms with Crippen LogP contribution in [0.25, 0.3) is 122 Å². The molecule has 0 fully saturated rings. The van der Waals surface area contributed by atoms with Crippen LogP contribution in [0.1, 0.15) is 142 Å². The highest BCUT2D eigenvalue weighted by Gasteiger charge is 2.56. The Balaban J connectivity index is 0.0000000936. The molecule has 0 bridgehead atoms. The van der Waals surface area contributed by atoms with Gasteiger partial charge in [0.1, 0.15) is 11.6 Å². The van der Waals surface area contributed by atoms with Crippen molar-refractivity contribution in [2.24, 2.45) is 0 Å². The van der Waals surface area contributed by atoms with Crippen molar-refractivity contribution in [2.75, 3.05) is 0 Å². The molecular formula is C138H100F2. The molecule has 0 saturated carbocycles. The number of benzene rings is 21. The van der Waals surface area contributed by atoms with Gasteiger partial charge in [0.2, 0.25) is 0 Å². The first-order valence-corrected chi connectivity index (χ1v) is 49.0. The highest BCUT2D eigenvalue weighted by Crippen LogP contribution is 2.68. The second kappa shape index (κ2) is 33.2. The van der Waals surface area contributed by atoms with Crippen molar-refractivity contribution in [3.8, 4) is 122 Å². The first-order chi connectivity index (χ1) is 68.6. The summed E-state index contributed by atoms with van der Waals surface area (Å²) in [7, 11) is 0. The van der Waals surface area contributed by atoms with E-state index < -0.39 is 5.41 Å². The number of halogens is 2. The van der Waals surface area contributed by atoms with E-state index in [0.717, 1.165) is 27.8 Å². The maximum absolute atomic E-state index is 14.4. The van der Waals surface area contributed by atoms with Gasteiger partial charge in [-0.1, -0.05) is 485 Å². The van der Waals surface area contributed by atoms with Crippen LogP contribution in [0.5, 0.6) is 0 Å². The highest BCUT2D eigenvalue weighted by atomic mass is 19.1. The summed E-state index contributed by atoms with van der Waals surface area (Å²) in [5, 5.41) is 0. The van der Waals surface area contributed by atoms with Crippen LogP contribution in [0.3, 0.4) is 0 Å². The quantitative estimate of drug-likeness (QED) is 0.161. The summed E-state index contributed by atoms with van der Waals surface area (Å²) in [4.78, 5) is 0. The van der Waals surface area contributed by atoms with Crippen LogP contribution in [0, 0.1) is 46.3 Å². The van der Waals surface area contributed by atoms with Crippen LogP contribution in [-0.4, -0.2) is 0 Å². The summed E-state index contributed by atoms with van der Waals surface area (Å²) in [5.74, 6) is -0.351. The topological polar surface area (TPSA) is 0 Å². The molecule has 29 rings (SSSR count). The SMILES string of the molecule is Cc1ccc(-c2ccc3c(c2)-c2ccccc2C32c3ccccc3-c3ccccc32)cc1.Cc1ccc(-c2cccc3c2-c2ccccc2C32c3ccccc3-c3ccccc32)cc1.Cc1ccc2c(c1)C(C)(C)c1cc(F)ccc1-2.Cc1ccc2c(c1)C(c1ccccc1)(c1ccccc1)c1cc(F)ccc1-2.Cc1ccc2c(c1)C1(c3ccccc3-2)c2ccccc2-c2ccc(-c3ccccc3)cc21. The molecule has 0 radical (unpaired) electrons. The number of fused-ring (bicyclic) bond motifs is 36. The highest BCUT2D eigenvalue weighted by molar-refractivity contribution is 6.02. The fourth-order valence-electron chi connectivity index (χ4n) is 25.6. The minimum atomic E-state index is -0.513. The molecule has 0 heterocycles. The van der Waals surface area contributed by atoms with Crippen LogP contribution in [0.4, 0.5) is 8.78 Å². The molecule has 8 aliphatic rings. The maximum Gasteiger partial charge on any atom is 0.123 e. The van der Waals surface area contributed by atoms with E-state index in [-0.39, 0.29) is 33.3 Å². The molecule has 0 aromatic heterocycles. The summed E-state index contributed by atoms with van der Waals surface area (Å²) in [5.41, 5.74) is 57.3. The Morgan fingerprint density at radius 1 is 0.143 bits per heavy atom. The van der Waals surface area contributed by atoms with Crippen molar-refractivity contribution in [2.45, 2.75) is 75.5 Å². The van der Waals surface area contributed by atoms with Crippen molar-refractivity contribution >= 4 is 0 Å². The van der Waals surface area contributed by atoms with Gasteiger partial charge in [-0.25, -0.2) is 8.78 Å². The van der Waals surface area contributed by atoms with Crippen molar-refractivity contribution in [3.63, 3.8) is 0 Å². The molecule has 666 valence electrons. The lowest BCUT2D eigenvalue weighted by Gasteiger charge is -2.34. The van der Waals surface area contributed by atoms with Crippen molar-refractivity contribution < 1.29 is 8.78 Å². The molecule has 0 nitrogen and oxygen atoms in total. The van der Waals surface area contributed by atoms with Gasteiger partial charge in [-0.05, 0) is 294 Å². The summed E-state index contributed by atoms with van der Waals surface area (Å²) in [6.45, 7) is 15.0. The van der Waals surface area contributed by atoms with Gasteiger partial charge in [-0.15, -0.1) is 0 Å². The Hall–Kier alpha value is -16.5. The fraction of sp³-hybridized carbons (Fsp3) is 0.0870. The van der Waals surface area contributed by atoms with Gasteiger partial charge in [0, 0.05) is 5.41 Å². The summed E-state index contributed by atoms with van der Waals surface area (Å²) in [6, 6.07) is 173. The molecule has 8 aliphatic carbocycles. The molecule has 1 unspecified atom stereocenters. The van der Waals surface area contributed by atoms with E-state index in [2.05, 4.69) is 479 Å². The van der Waals surface area contributed by atoms with E-state index in [1.165, 1.54) is 223 Å². The Kier molecular flexibility index (Phi) is 20.2. The van der Waals surface area contributed by atoms with Crippen molar-refractivity contribution in [1.29, 1.82) is 0 Å². The minimum absolute atomic E-state index is 0.0984. The molecule has 0 aliphatic heterocycles. The van der Waals surface area contributed by atoms with Crippen LogP contribution in [-0.2, 0) is 27.1 Å². The van der Waals surface area contributed by atoms with Crippen LogP contribution in [0.2, 0.25) is 0 Å². The van der Waals surface area contributed by atoms with E-state index in [1.54, 1.807) is 24.3 Å². The van der Waals surface area contributed by atoms with E-state index in [1.807, 2.05) is 24.3 Å². The number of hydrogen-bond donors (Lipinski definition) is 0. The van der Waals surface area contributed by atoms with Crippen LogP contribution in [0.15, 0.2) is 479 Å². The first kappa shape index (κ1) is 85.2. The number of aryl methyl sites for hydroxylation is 5. The standard InChI is InChI=1S/3C32H22.C26H19F.C16H15F/c1-21-17-19-22(20-18-21)23-12-8-16-30-31(23)26-11-4-7-15-29(26)32(30)27-13-5-2-9-24(27)25-10-3-6-14-28(25)32;1-21-14-16-22(17-15-21)23-18-19-31-27(20-23)26-10-4-7-13-30(26)32(31)28-11-5-2-8-24(28)25-9-3-6-12-29(25)32;1-21-15-17-26-24-11-5-7-13-28(24)32(30(26)19-21)29-14-8-6-12-25(29)27-18-16-23(20-31(27)32)22-9-3-2-4-10-22;1-18-12-14-22-23-15-13-21(27)17-25(23)26(24(22)16-18,19-8-4-2-5-9-19)20-10-6-3-7-11-20;1-10-4-6-12-13-7-5-11(17)9-15(13)16(2,3)14(12)8-10/h3*2-20H,1H3;2-17H,1H3;4-9H,1-3H3.